The Balaban J connectivity index is 1.13. The highest BCUT2D eigenvalue weighted by Crippen LogP contribution is 2.35. The number of hydrogen-bond acceptors (Lipinski definition) is 8. The second kappa shape index (κ2) is 9.56. The predicted molar refractivity (Wildman–Crippen MR) is 122 cm³/mol. The van der Waals surface area contributed by atoms with E-state index in [2.05, 4.69) is 31.2 Å². The monoisotopic (exact) mass is 455 g/mol. The van der Waals surface area contributed by atoms with Crippen molar-refractivity contribution in [3.8, 4) is 11.6 Å². The average Bonchev–Trinajstić information content (AvgIpc) is 3.30. The van der Waals surface area contributed by atoms with Gasteiger partial charge in [0.1, 0.15) is 11.8 Å². The summed E-state index contributed by atoms with van der Waals surface area (Å²) in [5, 5.41) is 3.64. The molecule has 168 valence electrons. The molecule has 32 heavy (non-hydrogen) atoms. The average molecular weight is 456 g/mol. The second-order valence-corrected chi connectivity index (χ2v) is 9.05. The second-order valence-electron chi connectivity index (χ2n) is 8.08. The summed E-state index contributed by atoms with van der Waals surface area (Å²) in [7, 11) is 1.56. The zero-order chi connectivity index (χ0) is 21.9. The van der Waals surface area contributed by atoms with E-state index in [1.54, 1.807) is 24.9 Å². The van der Waals surface area contributed by atoms with Crippen LogP contribution in [-0.2, 0) is 13.0 Å². The highest BCUT2D eigenvalue weighted by molar-refractivity contribution is 7.99. The minimum atomic E-state index is -0.305. The topological polar surface area (TPSA) is 72.4 Å². The number of likely N-dealkylation sites (tertiary alicyclic amines) is 1. The summed E-state index contributed by atoms with van der Waals surface area (Å²) in [5.41, 5.74) is 2.94. The first-order valence-electron chi connectivity index (χ1n) is 10.9. The fourth-order valence-electron chi connectivity index (χ4n) is 4.25. The molecular formula is C23H26FN5O2S. The van der Waals surface area contributed by atoms with Gasteiger partial charge in [-0.2, -0.15) is 0 Å². The van der Waals surface area contributed by atoms with E-state index in [0.29, 0.717) is 40.9 Å². The largest absolute Gasteiger partial charge is 0.481 e. The van der Waals surface area contributed by atoms with Gasteiger partial charge in [0.05, 0.1) is 41.1 Å². The first-order valence-corrected chi connectivity index (χ1v) is 11.9. The maximum atomic E-state index is 14.5. The molecule has 0 aromatic carbocycles. The molecule has 2 aliphatic rings. The Labute approximate surface area is 190 Å². The number of aromatic nitrogens is 3. The summed E-state index contributed by atoms with van der Waals surface area (Å²) in [6.45, 7) is 3.53. The van der Waals surface area contributed by atoms with Crippen molar-refractivity contribution in [3.63, 3.8) is 0 Å². The van der Waals surface area contributed by atoms with Gasteiger partial charge in [0.15, 0.2) is 5.75 Å². The minimum Gasteiger partial charge on any atom is -0.481 e. The summed E-state index contributed by atoms with van der Waals surface area (Å²) < 4.78 is 25.2. The van der Waals surface area contributed by atoms with Gasteiger partial charge in [0.2, 0.25) is 5.88 Å². The van der Waals surface area contributed by atoms with Gasteiger partial charge in [-0.1, -0.05) is 11.8 Å². The smallest absolute Gasteiger partial charge is 0.213 e. The van der Waals surface area contributed by atoms with Gasteiger partial charge in [-0.25, -0.2) is 9.37 Å². The van der Waals surface area contributed by atoms with Crippen LogP contribution in [0, 0.1) is 5.82 Å². The van der Waals surface area contributed by atoms with Crippen molar-refractivity contribution in [1.29, 1.82) is 0 Å². The molecule has 0 radical (unpaired) electrons. The minimum absolute atomic E-state index is 0.305. The number of nitrogens with one attached hydrogen (secondary N) is 1. The Hall–Kier alpha value is -2.49. The lowest BCUT2D eigenvalue weighted by atomic mass is 10.0. The molecule has 0 bridgehead atoms. The number of methoxy groups -OCH3 is 1. The lowest BCUT2D eigenvalue weighted by Gasteiger charge is -2.32. The molecule has 0 unspecified atom stereocenters. The van der Waals surface area contributed by atoms with Gasteiger partial charge in [-0.15, -0.1) is 0 Å². The normalized spacial score (nSPS) is 16.8. The molecule has 0 amide bonds. The van der Waals surface area contributed by atoms with E-state index < -0.39 is 0 Å². The van der Waals surface area contributed by atoms with Crippen LogP contribution in [0.2, 0.25) is 0 Å². The van der Waals surface area contributed by atoms with Gasteiger partial charge in [-0.05, 0) is 44.5 Å². The number of thioether (sulfide) groups is 1. The molecule has 3 aromatic rings. The Morgan fingerprint density at radius 1 is 1.25 bits per heavy atom. The van der Waals surface area contributed by atoms with E-state index in [-0.39, 0.29) is 5.82 Å². The van der Waals surface area contributed by atoms with Gasteiger partial charge in [0, 0.05) is 30.8 Å². The van der Waals surface area contributed by atoms with Crippen molar-refractivity contribution in [2.45, 2.75) is 36.7 Å². The molecule has 5 heterocycles. The number of ether oxygens (including phenoxy) is 2. The van der Waals surface area contributed by atoms with Gasteiger partial charge < -0.3 is 19.7 Å². The summed E-state index contributed by atoms with van der Waals surface area (Å²) >= 11 is 1.71. The first kappa shape index (κ1) is 21.4. The number of nitrogens with zero attached hydrogens (tertiary/aromatic N) is 4. The van der Waals surface area contributed by atoms with Crippen molar-refractivity contribution >= 4 is 22.8 Å². The molecule has 0 atom stereocenters. The third-order valence-electron chi connectivity index (χ3n) is 6.10. The maximum absolute atomic E-state index is 14.5. The van der Waals surface area contributed by atoms with Crippen LogP contribution in [0.25, 0.3) is 11.0 Å². The molecule has 7 nitrogen and oxygen atoms in total. The number of hydrogen-bond donors (Lipinski definition) is 1. The molecule has 0 spiro atoms. The third-order valence-corrected chi connectivity index (χ3v) is 6.97. The lowest BCUT2D eigenvalue weighted by Crippen LogP contribution is -2.43. The van der Waals surface area contributed by atoms with E-state index in [1.807, 2.05) is 12.3 Å². The number of pyridine rings is 3. The molecule has 0 saturated carbocycles. The van der Waals surface area contributed by atoms with Gasteiger partial charge in [-0.3, -0.25) is 9.97 Å². The zero-order valence-electron chi connectivity index (χ0n) is 18.0. The van der Waals surface area contributed by atoms with Crippen molar-refractivity contribution in [2.75, 3.05) is 32.7 Å². The SMILES string of the molecule is COc1ccc2ncc(F)c(CCN3CCC(NCc4cc5c(cn4)OCS5)CC3)c2n1. The summed E-state index contributed by atoms with van der Waals surface area (Å²) in [6, 6.07) is 6.16. The molecule has 1 N–H and O–H groups in total. The highest BCUT2D eigenvalue weighted by atomic mass is 32.2. The van der Waals surface area contributed by atoms with E-state index in [4.69, 9.17) is 9.47 Å². The molecular weight excluding hydrogens is 429 g/mol. The predicted octanol–water partition coefficient (Wildman–Crippen LogP) is 3.41. The molecule has 3 aromatic heterocycles. The Morgan fingerprint density at radius 2 is 2.12 bits per heavy atom. The summed E-state index contributed by atoms with van der Waals surface area (Å²) in [6.07, 6.45) is 5.84. The zero-order valence-corrected chi connectivity index (χ0v) is 18.8. The van der Waals surface area contributed by atoms with Crippen LogP contribution < -0.4 is 14.8 Å². The van der Waals surface area contributed by atoms with E-state index in [0.717, 1.165) is 50.5 Å². The molecule has 2 aliphatic heterocycles. The van der Waals surface area contributed by atoms with Crippen LogP contribution in [0.15, 0.2) is 35.5 Å². The van der Waals surface area contributed by atoms with Crippen LogP contribution >= 0.6 is 11.8 Å². The number of piperidine rings is 1. The molecule has 9 heteroatoms. The standard InChI is InChI=1S/C23H26FN5O2S/c1-30-22-3-2-19-23(28-22)17(18(24)12-27-19)6-9-29-7-4-15(5-8-29)25-11-16-10-21-20(13-26-16)31-14-32-21/h2-3,10,12-13,15,25H,4-9,11,14H2,1H3. The maximum Gasteiger partial charge on any atom is 0.213 e. The van der Waals surface area contributed by atoms with Crippen molar-refractivity contribution in [3.05, 3.63) is 47.7 Å². The Morgan fingerprint density at radius 3 is 2.97 bits per heavy atom. The van der Waals surface area contributed by atoms with E-state index in [1.165, 1.54) is 11.1 Å². The number of rotatable bonds is 7. The number of fused-ring (bicyclic) bond motifs is 2. The van der Waals surface area contributed by atoms with Crippen LogP contribution in [-0.4, -0.2) is 58.6 Å². The summed E-state index contributed by atoms with van der Waals surface area (Å²) in [5.74, 6) is 1.73. The fourth-order valence-corrected chi connectivity index (χ4v) is 5.03. The van der Waals surface area contributed by atoms with Crippen LogP contribution in [0.4, 0.5) is 4.39 Å². The van der Waals surface area contributed by atoms with Crippen LogP contribution in [0.5, 0.6) is 11.6 Å². The first-order chi connectivity index (χ1) is 15.7. The Kier molecular flexibility index (Phi) is 6.38. The molecule has 1 saturated heterocycles. The highest BCUT2D eigenvalue weighted by Gasteiger charge is 2.21. The van der Waals surface area contributed by atoms with E-state index >= 15 is 0 Å². The van der Waals surface area contributed by atoms with Crippen LogP contribution in [0.1, 0.15) is 24.1 Å². The van der Waals surface area contributed by atoms with E-state index in [9.17, 15) is 4.39 Å². The number of halogens is 1. The van der Waals surface area contributed by atoms with Gasteiger partial charge in [0.25, 0.3) is 0 Å². The van der Waals surface area contributed by atoms with Crippen molar-refractivity contribution < 1.29 is 13.9 Å². The third kappa shape index (κ3) is 4.65. The van der Waals surface area contributed by atoms with Crippen LogP contribution in [0.3, 0.4) is 0 Å². The molecule has 5 rings (SSSR count). The fraction of sp³-hybridized carbons (Fsp3) is 0.435. The lowest BCUT2D eigenvalue weighted by molar-refractivity contribution is 0.198. The van der Waals surface area contributed by atoms with Crippen molar-refractivity contribution in [1.82, 2.24) is 25.2 Å². The molecule has 0 aliphatic carbocycles. The van der Waals surface area contributed by atoms with Gasteiger partial charge >= 0.3 is 0 Å². The Bertz CT molecular complexity index is 1110. The van der Waals surface area contributed by atoms with Crippen molar-refractivity contribution in [2.24, 2.45) is 0 Å². The summed E-state index contributed by atoms with van der Waals surface area (Å²) in [4.78, 5) is 16.7. The molecule has 1 fully saturated rings. The quantitative estimate of drug-likeness (QED) is 0.581.